The van der Waals surface area contributed by atoms with E-state index >= 15 is 0 Å². The highest BCUT2D eigenvalue weighted by Gasteiger charge is 2.36. The van der Waals surface area contributed by atoms with Crippen molar-refractivity contribution in [3.8, 4) is 5.75 Å². The van der Waals surface area contributed by atoms with Crippen LogP contribution in [0.1, 0.15) is 33.6 Å². The number of allylic oxidation sites excluding steroid dienone is 4. The van der Waals surface area contributed by atoms with Crippen LogP contribution in [0.15, 0.2) is 58.4 Å². The molecule has 1 aromatic carbocycles. The van der Waals surface area contributed by atoms with E-state index in [1.807, 2.05) is 32.2 Å². The second-order valence-corrected chi connectivity index (χ2v) is 9.76. The molecule has 0 aromatic heterocycles. The van der Waals surface area contributed by atoms with Gasteiger partial charge >= 0.3 is 0 Å². The van der Waals surface area contributed by atoms with Crippen molar-refractivity contribution < 1.29 is 9.53 Å². The molecule has 0 unspecified atom stereocenters. The molecule has 6 heteroatoms. The van der Waals surface area contributed by atoms with E-state index in [9.17, 15) is 4.79 Å². The molecule has 1 aliphatic carbocycles. The zero-order valence-electron chi connectivity index (χ0n) is 16.6. The Morgan fingerprint density at radius 1 is 1.29 bits per heavy atom. The van der Waals surface area contributed by atoms with Crippen LogP contribution < -0.4 is 9.64 Å². The first-order chi connectivity index (χ1) is 13.3. The minimum absolute atomic E-state index is 0.0371. The van der Waals surface area contributed by atoms with Crippen LogP contribution in [0.5, 0.6) is 5.75 Å². The van der Waals surface area contributed by atoms with Crippen LogP contribution in [-0.2, 0) is 4.79 Å². The first kappa shape index (κ1) is 19.3. The van der Waals surface area contributed by atoms with Crippen molar-refractivity contribution in [1.29, 1.82) is 0 Å². The van der Waals surface area contributed by atoms with Gasteiger partial charge in [-0.1, -0.05) is 56.0 Å². The molecule has 0 saturated carbocycles. The molecule has 0 N–H and O–H groups in total. The first-order valence-corrected chi connectivity index (χ1v) is 10.7. The number of fused-ring (bicyclic) bond motifs is 1. The van der Waals surface area contributed by atoms with Crippen LogP contribution in [0.25, 0.3) is 0 Å². The lowest BCUT2D eigenvalue weighted by molar-refractivity contribution is -0.122. The largest absolute Gasteiger partial charge is 0.439 e. The van der Waals surface area contributed by atoms with Crippen molar-refractivity contribution >= 4 is 39.9 Å². The standard InChI is InChI=1S/C22H24N2O2S2/c1-5-24-20(25)19(28-21(24)27)15-10-14(12-22(2,3)13-15)11-18-23(4)16-8-6-7-9-17(16)26-18/h6-11H,5,12-13H2,1-4H3/b18-11-,19-15-. The van der Waals surface area contributed by atoms with Gasteiger partial charge in [-0.2, -0.15) is 0 Å². The van der Waals surface area contributed by atoms with Gasteiger partial charge in [0.05, 0.1) is 10.6 Å². The number of nitrogens with zero attached hydrogens (tertiary/aromatic N) is 2. The molecule has 1 aromatic rings. The first-order valence-electron chi connectivity index (χ1n) is 9.49. The van der Waals surface area contributed by atoms with Crippen molar-refractivity contribution in [2.75, 3.05) is 18.5 Å². The van der Waals surface area contributed by atoms with Crippen LogP contribution in [0.4, 0.5) is 5.69 Å². The number of hydrogen-bond donors (Lipinski definition) is 0. The SMILES string of the molecule is CCN1C(=O)/C(=C2C=C(/C=C3\Oc4ccccc4N3C)CC(C)(C)C\2)SC1=S. The molecule has 2 heterocycles. The molecule has 2 aliphatic heterocycles. The van der Waals surface area contributed by atoms with Gasteiger partial charge in [0.1, 0.15) is 4.32 Å². The number of carbonyl (C=O) groups excluding carboxylic acids is 1. The van der Waals surface area contributed by atoms with E-state index in [1.54, 1.807) is 4.90 Å². The predicted molar refractivity (Wildman–Crippen MR) is 119 cm³/mol. The highest BCUT2D eigenvalue weighted by atomic mass is 32.2. The summed E-state index contributed by atoms with van der Waals surface area (Å²) in [6.07, 6.45) is 6.05. The van der Waals surface area contributed by atoms with Crippen molar-refractivity contribution in [2.45, 2.75) is 33.6 Å². The molecule has 1 fully saturated rings. The Hall–Kier alpha value is -2.05. The summed E-state index contributed by atoms with van der Waals surface area (Å²) in [6, 6.07) is 8.02. The summed E-state index contributed by atoms with van der Waals surface area (Å²) in [7, 11) is 2.01. The average Bonchev–Trinajstić information content (AvgIpc) is 3.10. The minimum atomic E-state index is 0.0371. The lowest BCUT2D eigenvalue weighted by atomic mass is 9.75. The van der Waals surface area contributed by atoms with Crippen LogP contribution in [0.3, 0.4) is 0 Å². The molecule has 28 heavy (non-hydrogen) atoms. The van der Waals surface area contributed by atoms with Crippen LogP contribution in [0, 0.1) is 5.41 Å². The van der Waals surface area contributed by atoms with Gasteiger partial charge in [0.15, 0.2) is 5.75 Å². The van der Waals surface area contributed by atoms with E-state index in [4.69, 9.17) is 17.0 Å². The smallest absolute Gasteiger partial charge is 0.266 e. The molecule has 4 rings (SSSR count). The molecule has 1 saturated heterocycles. The van der Waals surface area contributed by atoms with E-state index in [-0.39, 0.29) is 11.3 Å². The van der Waals surface area contributed by atoms with Gasteiger partial charge in [0, 0.05) is 19.7 Å². The molecule has 1 amide bonds. The molecular weight excluding hydrogens is 388 g/mol. The molecule has 0 atom stereocenters. The Morgan fingerprint density at radius 2 is 2.04 bits per heavy atom. The zero-order chi connectivity index (χ0) is 20.1. The summed E-state index contributed by atoms with van der Waals surface area (Å²) < 4.78 is 6.71. The number of carbonyl (C=O) groups is 1. The number of benzene rings is 1. The van der Waals surface area contributed by atoms with Gasteiger partial charge in [0.2, 0.25) is 5.88 Å². The zero-order valence-corrected chi connectivity index (χ0v) is 18.2. The molecule has 0 spiro atoms. The van der Waals surface area contributed by atoms with Crippen LogP contribution >= 0.6 is 24.0 Å². The van der Waals surface area contributed by atoms with Gasteiger partial charge in [-0.05, 0) is 48.5 Å². The van der Waals surface area contributed by atoms with E-state index in [0.29, 0.717) is 10.9 Å². The monoisotopic (exact) mass is 412 g/mol. The van der Waals surface area contributed by atoms with E-state index in [2.05, 4.69) is 37.0 Å². The summed E-state index contributed by atoms with van der Waals surface area (Å²) in [5.41, 5.74) is 3.38. The van der Waals surface area contributed by atoms with Gasteiger partial charge in [0.25, 0.3) is 5.91 Å². The summed E-state index contributed by atoms with van der Waals surface area (Å²) in [6.45, 7) is 7.06. The van der Waals surface area contributed by atoms with Gasteiger partial charge in [-0.15, -0.1) is 0 Å². The maximum atomic E-state index is 12.8. The van der Waals surface area contributed by atoms with Crippen molar-refractivity contribution in [1.82, 2.24) is 4.90 Å². The number of ether oxygens (including phenoxy) is 1. The van der Waals surface area contributed by atoms with Gasteiger partial charge < -0.3 is 9.64 Å². The summed E-state index contributed by atoms with van der Waals surface area (Å²) in [5.74, 6) is 1.72. The van der Waals surface area contributed by atoms with Crippen molar-refractivity contribution in [3.05, 3.63) is 58.4 Å². The maximum Gasteiger partial charge on any atom is 0.266 e. The number of thiocarbonyl (C=S) groups is 1. The van der Waals surface area contributed by atoms with E-state index < -0.39 is 0 Å². The number of anilines is 1. The number of hydrogen-bond acceptors (Lipinski definition) is 5. The van der Waals surface area contributed by atoms with E-state index in [0.717, 1.165) is 40.6 Å². The summed E-state index contributed by atoms with van der Waals surface area (Å²) in [5, 5.41) is 0. The Bertz CT molecular complexity index is 959. The predicted octanol–water partition coefficient (Wildman–Crippen LogP) is 5.24. The fourth-order valence-corrected chi connectivity index (χ4v) is 5.39. The quantitative estimate of drug-likeness (QED) is 0.490. The van der Waals surface area contributed by atoms with Gasteiger partial charge in [-0.3, -0.25) is 9.69 Å². The number of rotatable bonds is 2. The normalized spacial score (nSPS) is 25.3. The van der Waals surface area contributed by atoms with E-state index in [1.165, 1.54) is 17.3 Å². The Kier molecular flexibility index (Phi) is 4.88. The lowest BCUT2D eigenvalue weighted by Crippen LogP contribution is -2.28. The fraction of sp³-hybridized carbons (Fsp3) is 0.364. The third-order valence-corrected chi connectivity index (χ3v) is 6.76. The number of thioether (sulfide) groups is 1. The minimum Gasteiger partial charge on any atom is -0.439 e. The van der Waals surface area contributed by atoms with Crippen LogP contribution in [0.2, 0.25) is 0 Å². The van der Waals surface area contributed by atoms with Gasteiger partial charge in [-0.25, -0.2) is 0 Å². The molecular formula is C22H24N2O2S2. The summed E-state index contributed by atoms with van der Waals surface area (Å²) >= 11 is 6.82. The second-order valence-electron chi connectivity index (χ2n) is 8.12. The molecule has 146 valence electrons. The number of likely N-dealkylation sites (N-methyl/N-ethyl adjacent to an activating group) is 1. The molecule has 0 bridgehead atoms. The Morgan fingerprint density at radius 3 is 2.71 bits per heavy atom. The number of para-hydroxylation sites is 2. The molecule has 3 aliphatic rings. The molecule has 0 radical (unpaired) electrons. The average molecular weight is 413 g/mol. The lowest BCUT2D eigenvalue weighted by Gasteiger charge is -2.31. The molecule has 4 nitrogen and oxygen atoms in total. The summed E-state index contributed by atoms with van der Waals surface area (Å²) in [4.78, 5) is 17.3. The van der Waals surface area contributed by atoms with Crippen molar-refractivity contribution in [3.63, 3.8) is 0 Å². The maximum absolute atomic E-state index is 12.8. The highest BCUT2D eigenvalue weighted by molar-refractivity contribution is 8.26. The third kappa shape index (κ3) is 3.40. The number of amides is 1. The second kappa shape index (κ2) is 7.08. The topological polar surface area (TPSA) is 32.8 Å². The Balaban J connectivity index is 1.71. The fourth-order valence-electron chi connectivity index (χ4n) is 3.97. The highest BCUT2D eigenvalue weighted by Crippen LogP contribution is 2.45. The Labute approximate surface area is 175 Å². The van der Waals surface area contributed by atoms with Crippen molar-refractivity contribution in [2.24, 2.45) is 5.41 Å². The van der Waals surface area contributed by atoms with Crippen LogP contribution in [-0.4, -0.2) is 28.7 Å². The third-order valence-electron chi connectivity index (χ3n) is 5.25.